The van der Waals surface area contributed by atoms with E-state index in [0.717, 1.165) is 9.35 Å². The minimum absolute atomic E-state index is 0.0511. The van der Waals surface area contributed by atoms with Crippen molar-refractivity contribution in [3.63, 3.8) is 0 Å². The number of phenolic OH excluding ortho intramolecular Hbond substituents is 1. The van der Waals surface area contributed by atoms with Gasteiger partial charge in [0, 0.05) is 15.9 Å². The van der Waals surface area contributed by atoms with Gasteiger partial charge < -0.3 is 5.11 Å². The number of hydrogen-bond acceptors (Lipinski definition) is 4. The Morgan fingerprint density at radius 3 is 2.72 bits per heavy atom. The fourth-order valence-corrected chi connectivity index (χ4v) is 3.90. The summed E-state index contributed by atoms with van der Waals surface area (Å²) in [5, 5.41) is 11.2. The molecule has 0 amide bonds. The number of halogens is 1. The van der Waals surface area contributed by atoms with Crippen LogP contribution in [0.2, 0.25) is 0 Å². The summed E-state index contributed by atoms with van der Waals surface area (Å²) < 4.78 is 27.3. The molecule has 0 saturated heterocycles. The van der Waals surface area contributed by atoms with Gasteiger partial charge in [-0.15, -0.1) is 11.3 Å². The summed E-state index contributed by atoms with van der Waals surface area (Å²) in [7, 11) is -3.60. The molecule has 18 heavy (non-hydrogen) atoms. The van der Waals surface area contributed by atoms with E-state index in [0.29, 0.717) is 0 Å². The van der Waals surface area contributed by atoms with Gasteiger partial charge in [-0.05, 0) is 45.6 Å². The molecule has 0 fully saturated rings. The molecular formula is C11H10BrNO3S2. The fourth-order valence-electron chi connectivity index (χ4n) is 1.35. The number of sulfonamides is 1. The highest BCUT2D eigenvalue weighted by Crippen LogP contribution is 2.23. The van der Waals surface area contributed by atoms with Gasteiger partial charge in [0.1, 0.15) is 5.75 Å². The smallest absolute Gasteiger partial charge is 0.241 e. The van der Waals surface area contributed by atoms with E-state index in [1.54, 1.807) is 0 Å². The lowest BCUT2D eigenvalue weighted by Crippen LogP contribution is -2.22. The molecule has 0 unspecified atom stereocenters. The maximum Gasteiger partial charge on any atom is 0.241 e. The van der Waals surface area contributed by atoms with Crippen LogP contribution in [0.25, 0.3) is 0 Å². The molecule has 2 rings (SSSR count). The molecule has 0 spiro atoms. The van der Waals surface area contributed by atoms with Gasteiger partial charge in [-0.1, -0.05) is 6.07 Å². The first kappa shape index (κ1) is 13.5. The first-order chi connectivity index (χ1) is 8.49. The number of thiophene rings is 1. The molecule has 1 aromatic carbocycles. The third-order valence-corrected chi connectivity index (χ3v) is 5.57. The van der Waals surface area contributed by atoms with Crippen LogP contribution in [0, 0.1) is 0 Å². The van der Waals surface area contributed by atoms with Crippen molar-refractivity contribution in [2.24, 2.45) is 0 Å². The second-order valence-electron chi connectivity index (χ2n) is 3.51. The summed E-state index contributed by atoms with van der Waals surface area (Å²) in [6.45, 7) is 0.218. The number of rotatable bonds is 4. The van der Waals surface area contributed by atoms with Crippen LogP contribution in [0.15, 0.2) is 45.1 Å². The summed E-state index contributed by atoms with van der Waals surface area (Å²) in [6.07, 6.45) is 0. The van der Waals surface area contributed by atoms with Gasteiger partial charge in [0.15, 0.2) is 0 Å². The van der Waals surface area contributed by atoms with Crippen LogP contribution in [0.4, 0.5) is 0 Å². The van der Waals surface area contributed by atoms with Crippen molar-refractivity contribution in [1.29, 1.82) is 0 Å². The van der Waals surface area contributed by atoms with Gasteiger partial charge in [0.25, 0.3) is 0 Å². The molecule has 0 aliphatic heterocycles. The highest BCUT2D eigenvalue weighted by atomic mass is 79.9. The Morgan fingerprint density at radius 2 is 2.11 bits per heavy atom. The molecule has 2 N–H and O–H groups in total. The van der Waals surface area contributed by atoms with E-state index in [9.17, 15) is 13.5 Å². The highest BCUT2D eigenvalue weighted by Gasteiger charge is 2.15. The molecule has 96 valence electrons. The standard InChI is InChI=1S/C11H10BrNO3S2/c12-10-4-5-17-11(10)7-13-18(15,16)9-3-1-2-8(14)6-9/h1-6,13-14H,7H2. The van der Waals surface area contributed by atoms with Gasteiger partial charge in [-0.25, -0.2) is 13.1 Å². The normalized spacial score (nSPS) is 11.6. The SMILES string of the molecule is O=S(=O)(NCc1sccc1Br)c1cccc(O)c1. The predicted octanol–water partition coefficient (Wildman–Crippen LogP) is 2.69. The Labute approximate surface area is 117 Å². The Kier molecular flexibility index (Phi) is 4.06. The third kappa shape index (κ3) is 3.11. The van der Waals surface area contributed by atoms with Crippen molar-refractivity contribution in [2.75, 3.05) is 0 Å². The zero-order valence-electron chi connectivity index (χ0n) is 9.13. The molecule has 0 atom stereocenters. The third-order valence-electron chi connectivity index (χ3n) is 2.24. The molecule has 0 bridgehead atoms. The highest BCUT2D eigenvalue weighted by molar-refractivity contribution is 9.10. The first-order valence-corrected chi connectivity index (χ1v) is 8.15. The summed E-state index contributed by atoms with van der Waals surface area (Å²) in [5.74, 6) is -0.0739. The van der Waals surface area contributed by atoms with E-state index < -0.39 is 10.0 Å². The monoisotopic (exact) mass is 347 g/mol. The molecule has 1 aromatic heterocycles. The first-order valence-electron chi connectivity index (χ1n) is 4.99. The maximum atomic E-state index is 12.0. The molecule has 0 radical (unpaired) electrons. The Balaban J connectivity index is 2.16. The molecule has 4 nitrogen and oxygen atoms in total. The zero-order valence-corrected chi connectivity index (χ0v) is 12.3. The van der Waals surface area contributed by atoms with Crippen LogP contribution >= 0.6 is 27.3 Å². The molecule has 7 heteroatoms. The van der Waals surface area contributed by atoms with Crippen LogP contribution < -0.4 is 4.72 Å². The van der Waals surface area contributed by atoms with Crippen molar-refractivity contribution in [3.05, 3.63) is 45.1 Å². The van der Waals surface area contributed by atoms with Crippen LogP contribution in [0.5, 0.6) is 5.75 Å². The van der Waals surface area contributed by atoms with Crippen LogP contribution in [0.1, 0.15) is 4.88 Å². The van der Waals surface area contributed by atoms with E-state index in [-0.39, 0.29) is 17.2 Å². The van der Waals surface area contributed by atoms with Crippen LogP contribution in [-0.4, -0.2) is 13.5 Å². The lowest BCUT2D eigenvalue weighted by atomic mass is 10.3. The second kappa shape index (κ2) is 5.40. The Hall–Kier alpha value is -0.890. The number of hydrogen-bond donors (Lipinski definition) is 2. The Bertz CT molecular complexity index is 652. The summed E-state index contributed by atoms with van der Waals surface area (Å²) >= 11 is 4.80. The minimum atomic E-state index is -3.60. The molecular weight excluding hydrogens is 338 g/mol. The van der Waals surface area contributed by atoms with Crippen molar-refractivity contribution >= 4 is 37.3 Å². The molecule has 0 saturated carbocycles. The summed E-state index contributed by atoms with van der Waals surface area (Å²) in [4.78, 5) is 0.953. The van der Waals surface area contributed by atoms with Crippen molar-refractivity contribution in [3.8, 4) is 5.75 Å². The van der Waals surface area contributed by atoms with Crippen molar-refractivity contribution in [1.82, 2.24) is 4.72 Å². The maximum absolute atomic E-state index is 12.0. The average Bonchev–Trinajstić information content (AvgIpc) is 2.72. The van der Waals surface area contributed by atoms with Gasteiger partial charge in [-0.2, -0.15) is 0 Å². The van der Waals surface area contributed by atoms with Crippen molar-refractivity contribution < 1.29 is 13.5 Å². The van der Waals surface area contributed by atoms with Gasteiger partial charge in [-0.3, -0.25) is 0 Å². The molecule has 1 heterocycles. The van der Waals surface area contributed by atoms with Gasteiger partial charge in [0.2, 0.25) is 10.0 Å². The van der Waals surface area contributed by atoms with E-state index in [1.807, 2.05) is 11.4 Å². The van der Waals surface area contributed by atoms with E-state index in [4.69, 9.17) is 0 Å². The van der Waals surface area contributed by atoms with Crippen LogP contribution in [0.3, 0.4) is 0 Å². The minimum Gasteiger partial charge on any atom is -0.508 e. The summed E-state index contributed by atoms with van der Waals surface area (Å²) in [5.41, 5.74) is 0. The van der Waals surface area contributed by atoms with E-state index >= 15 is 0 Å². The number of aromatic hydroxyl groups is 1. The number of nitrogens with one attached hydrogen (secondary N) is 1. The van der Waals surface area contributed by atoms with Crippen LogP contribution in [-0.2, 0) is 16.6 Å². The zero-order chi connectivity index (χ0) is 13.2. The average molecular weight is 348 g/mol. The molecule has 2 aromatic rings. The molecule has 0 aliphatic rings. The van der Waals surface area contributed by atoms with Gasteiger partial charge >= 0.3 is 0 Å². The van der Waals surface area contributed by atoms with E-state index in [1.165, 1.54) is 35.6 Å². The largest absolute Gasteiger partial charge is 0.508 e. The van der Waals surface area contributed by atoms with Crippen molar-refractivity contribution in [2.45, 2.75) is 11.4 Å². The topological polar surface area (TPSA) is 66.4 Å². The quantitative estimate of drug-likeness (QED) is 0.893. The number of phenols is 1. The van der Waals surface area contributed by atoms with E-state index in [2.05, 4.69) is 20.7 Å². The van der Waals surface area contributed by atoms with Gasteiger partial charge in [0.05, 0.1) is 4.90 Å². The fraction of sp³-hybridized carbons (Fsp3) is 0.0909. The number of benzene rings is 1. The lowest BCUT2D eigenvalue weighted by Gasteiger charge is -2.06. The second-order valence-corrected chi connectivity index (χ2v) is 7.14. The molecule has 0 aliphatic carbocycles. The predicted molar refractivity (Wildman–Crippen MR) is 74.2 cm³/mol. The Morgan fingerprint density at radius 1 is 1.33 bits per heavy atom. The lowest BCUT2D eigenvalue weighted by molar-refractivity contribution is 0.473. The summed E-state index contributed by atoms with van der Waals surface area (Å²) in [6, 6.07) is 7.43.